The Hall–Kier alpha value is -1.88. The maximum absolute atomic E-state index is 13.1. The van der Waals surface area contributed by atoms with Crippen molar-refractivity contribution in [3.63, 3.8) is 0 Å². The van der Waals surface area contributed by atoms with Gasteiger partial charge in [0, 0.05) is 13.2 Å². The lowest BCUT2D eigenvalue weighted by Gasteiger charge is -2.22. The van der Waals surface area contributed by atoms with Gasteiger partial charge in [-0.25, -0.2) is 10.1 Å². The summed E-state index contributed by atoms with van der Waals surface area (Å²) in [6, 6.07) is 2.79. The smallest absolute Gasteiger partial charge is 0.465 e. The number of rotatable bonds is 9. The molecule has 28 heavy (non-hydrogen) atoms. The Morgan fingerprint density at radius 2 is 2.11 bits per heavy atom. The Kier molecular flexibility index (Phi) is 7.27. The molecular weight excluding hydrogens is 422 g/mol. The molecule has 2 aromatic rings. The summed E-state index contributed by atoms with van der Waals surface area (Å²) in [4.78, 5) is 16.0. The molecule has 0 spiro atoms. The fraction of sp³-hybridized carbons (Fsp3) is 0.467. The largest absolute Gasteiger partial charge is 0.573 e. The highest BCUT2D eigenvalue weighted by Gasteiger charge is 2.32. The molecule has 0 bridgehead atoms. The molecule has 0 aliphatic carbocycles. The van der Waals surface area contributed by atoms with Crippen molar-refractivity contribution in [3.05, 3.63) is 18.2 Å². The summed E-state index contributed by atoms with van der Waals surface area (Å²) >= 11 is 0.982. The third-order valence-electron chi connectivity index (χ3n) is 3.22. The number of benzene rings is 1. The second-order valence-electron chi connectivity index (χ2n) is 5.57. The lowest BCUT2D eigenvalue weighted by molar-refractivity contribution is -0.274. The highest BCUT2D eigenvalue weighted by Crippen LogP contribution is 2.44. The number of esters is 1. The van der Waals surface area contributed by atoms with Gasteiger partial charge >= 0.3 is 12.3 Å². The van der Waals surface area contributed by atoms with E-state index in [1.807, 2.05) is 0 Å². The van der Waals surface area contributed by atoms with Crippen molar-refractivity contribution in [3.8, 4) is 5.75 Å². The van der Waals surface area contributed by atoms with Crippen molar-refractivity contribution in [1.29, 1.82) is 0 Å². The summed E-state index contributed by atoms with van der Waals surface area (Å²) in [6.07, 6.45) is -5.06. The molecule has 1 aromatic heterocycles. The SMILES string of the molecule is CCOC(=O)[C@H](C)NP(=O)(COC)Nc1nc2ccc(OC(F)(F)F)cc2s1. The molecule has 0 fully saturated rings. The van der Waals surface area contributed by atoms with Crippen LogP contribution in [-0.4, -0.2) is 43.4 Å². The zero-order valence-corrected chi connectivity index (χ0v) is 16.9. The number of fused-ring (bicyclic) bond motifs is 1. The molecule has 1 aromatic carbocycles. The standard InChI is InChI=1S/C15H19F3N3O5PS/c1-4-25-13(22)9(2)20-27(23,8-24-3)21-14-19-11-6-5-10(7-12(11)28-14)26-15(16,17)18/h5-7,9H,4,8H2,1-3H3,(H2,19,20,21,23)/t9-,27?/m0/s1. The van der Waals surface area contributed by atoms with Crippen LogP contribution in [0.4, 0.5) is 18.3 Å². The Morgan fingerprint density at radius 3 is 2.71 bits per heavy atom. The second-order valence-corrected chi connectivity index (χ2v) is 8.82. The van der Waals surface area contributed by atoms with Crippen LogP contribution in [0.1, 0.15) is 13.8 Å². The first-order valence-electron chi connectivity index (χ1n) is 8.02. The first-order valence-corrected chi connectivity index (χ1v) is 10.7. The zero-order valence-electron chi connectivity index (χ0n) is 15.2. The van der Waals surface area contributed by atoms with Crippen LogP contribution in [0.5, 0.6) is 5.75 Å². The molecule has 156 valence electrons. The van der Waals surface area contributed by atoms with Crippen molar-refractivity contribution >= 4 is 40.1 Å². The lowest BCUT2D eigenvalue weighted by Crippen LogP contribution is -2.35. The molecule has 2 rings (SSSR count). The Labute approximate surface area is 162 Å². The van der Waals surface area contributed by atoms with E-state index in [1.165, 1.54) is 26.2 Å². The Bertz CT molecular complexity index is 876. The van der Waals surface area contributed by atoms with E-state index in [-0.39, 0.29) is 23.8 Å². The van der Waals surface area contributed by atoms with Gasteiger partial charge in [-0.05, 0) is 26.0 Å². The number of alkyl halides is 3. The number of methoxy groups -OCH3 is 1. The predicted molar refractivity (Wildman–Crippen MR) is 98.6 cm³/mol. The Balaban J connectivity index is 2.20. The molecule has 13 heteroatoms. The number of ether oxygens (including phenoxy) is 3. The molecule has 0 aliphatic rings. The summed E-state index contributed by atoms with van der Waals surface area (Å²) in [6.45, 7) is 3.31. The van der Waals surface area contributed by atoms with Crippen LogP contribution in [0.3, 0.4) is 0 Å². The topological polar surface area (TPSA) is 98.8 Å². The molecule has 0 saturated carbocycles. The number of halogens is 3. The molecule has 2 N–H and O–H groups in total. The molecule has 0 saturated heterocycles. The number of carbonyl (C=O) groups excluding carboxylic acids is 1. The van der Waals surface area contributed by atoms with Crippen molar-refractivity contribution < 1.29 is 36.7 Å². The summed E-state index contributed by atoms with van der Waals surface area (Å²) in [7, 11) is -2.12. The molecule has 2 atom stereocenters. The number of aromatic nitrogens is 1. The van der Waals surface area contributed by atoms with Crippen molar-refractivity contribution in [2.45, 2.75) is 26.3 Å². The number of carbonyl (C=O) groups is 1. The zero-order chi connectivity index (χ0) is 20.9. The average Bonchev–Trinajstić information content (AvgIpc) is 2.94. The van der Waals surface area contributed by atoms with E-state index in [1.54, 1.807) is 6.92 Å². The van der Waals surface area contributed by atoms with Gasteiger partial charge in [-0.3, -0.25) is 14.4 Å². The van der Waals surface area contributed by atoms with Crippen molar-refractivity contribution in [2.24, 2.45) is 0 Å². The highest BCUT2D eigenvalue weighted by molar-refractivity contribution is 7.63. The molecular formula is C15H19F3N3O5PS. The third kappa shape index (κ3) is 6.33. The van der Waals surface area contributed by atoms with E-state index >= 15 is 0 Å². The summed E-state index contributed by atoms with van der Waals surface area (Å²) in [5, 5.41) is 5.53. The van der Waals surface area contributed by atoms with E-state index in [9.17, 15) is 22.5 Å². The van der Waals surface area contributed by atoms with E-state index in [4.69, 9.17) is 9.47 Å². The number of hydrogen-bond donors (Lipinski definition) is 2. The van der Waals surface area contributed by atoms with Crippen LogP contribution in [-0.2, 0) is 18.8 Å². The molecule has 0 aliphatic heterocycles. The van der Waals surface area contributed by atoms with E-state index in [2.05, 4.69) is 19.9 Å². The summed E-state index contributed by atoms with van der Waals surface area (Å²) < 4.78 is 64.2. The van der Waals surface area contributed by atoms with Gasteiger partial charge in [-0.1, -0.05) is 11.3 Å². The molecule has 0 radical (unpaired) electrons. The first kappa shape index (κ1) is 22.4. The first-order chi connectivity index (χ1) is 13.0. The maximum atomic E-state index is 13.1. The van der Waals surface area contributed by atoms with Crippen LogP contribution in [0.15, 0.2) is 18.2 Å². The van der Waals surface area contributed by atoms with Crippen LogP contribution < -0.4 is 14.9 Å². The predicted octanol–water partition coefficient (Wildman–Crippen LogP) is 3.95. The quantitative estimate of drug-likeness (QED) is 0.446. The van der Waals surface area contributed by atoms with Crippen LogP contribution >= 0.6 is 18.8 Å². The van der Waals surface area contributed by atoms with Gasteiger partial charge in [0.15, 0.2) is 5.13 Å². The maximum Gasteiger partial charge on any atom is 0.573 e. The average molecular weight is 441 g/mol. The highest BCUT2D eigenvalue weighted by atomic mass is 32.1. The number of nitrogens with one attached hydrogen (secondary N) is 2. The van der Waals surface area contributed by atoms with Crippen molar-refractivity contribution in [1.82, 2.24) is 10.1 Å². The van der Waals surface area contributed by atoms with Crippen LogP contribution in [0.25, 0.3) is 10.2 Å². The molecule has 0 amide bonds. The number of nitrogens with zero attached hydrogens (tertiary/aromatic N) is 1. The molecule has 8 nitrogen and oxygen atoms in total. The molecule has 1 heterocycles. The van der Waals surface area contributed by atoms with E-state index in [0.717, 1.165) is 17.4 Å². The number of hydrogen-bond acceptors (Lipinski definition) is 7. The second kappa shape index (κ2) is 9.08. The monoisotopic (exact) mass is 441 g/mol. The third-order valence-corrected chi connectivity index (χ3v) is 6.31. The Morgan fingerprint density at radius 1 is 1.39 bits per heavy atom. The summed E-state index contributed by atoms with van der Waals surface area (Å²) in [5.41, 5.74) is 0.393. The molecule has 1 unspecified atom stereocenters. The van der Waals surface area contributed by atoms with E-state index in [0.29, 0.717) is 10.2 Å². The van der Waals surface area contributed by atoms with Gasteiger partial charge < -0.3 is 14.2 Å². The van der Waals surface area contributed by atoms with Gasteiger partial charge in [0.25, 0.3) is 7.44 Å². The lowest BCUT2D eigenvalue weighted by atomic mass is 10.3. The fourth-order valence-electron chi connectivity index (χ4n) is 2.22. The van der Waals surface area contributed by atoms with Gasteiger partial charge in [0.05, 0.1) is 16.8 Å². The van der Waals surface area contributed by atoms with E-state index < -0.39 is 25.8 Å². The van der Waals surface area contributed by atoms with Gasteiger partial charge in [-0.15, -0.1) is 13.2 Å². The number of thiazole rings is 1. The van der Waals surface area contributed by atoms with Gasteiger partial charge in [-0.2, -0.15) is 0 Å². The van der Waals surface area contributed by atoms with Crippen LogP contribution in [0, 0.1) is 0 Å². The number of anilines is 1. The minimum atomic E-state index is -4.80. The van der Waals surface area contributed by atoms with Gasteiger partial charge in [0.1, 0.15) is 18.1 Å². The minimum Gasteiger partial charge on any atom is -0.465 e. The summed E-state index contributed by atoms with van der Waals surface area (Å²) in [5.74, 6) is -0.969. The van der Waals surface area contributed by atoms with Crippen LogP contribution in [0.2, 0.25) is 0 Å². The van der Waals surface area contributed by atoms with Crippen molar-refractivity contribution in [2.75, 3.05) is 25.2 Å². The minimum absolute atomic E-state index is 0.174. The normalized spacial score (nSPS) is 15.1. The van der Waals surface area contributed by atoms with Gasteiger partial charge in [0.2, 0.25) is 0 Å². The fourth-order valence-corrected chi connectivity index (χ4v) is 5.25.